The molecule has 107 valence electrons. The number of carbonyl (C=O) groups excluding carboxylic acids is 2. The Morgan fingerprint density at radius 1 is 1.19 bits per heavy atom. The number of hydrogen-bond acceptors (Lipinski definition) is 3. The molecule has 0 unspecified atom stereocenters. The molecule has 0 atom stereocenters. The summed E-state index contributed by atoms with van der Waals surface area (Å²) in [6.45, 7) is 0. The number of pyridine rings is 1. The van der Waals surface area contributed by atoms with Gasteiger partial charge in [0.05, 0.1) is 0 Å². The number of nitrogens with zero attached hydrogens (tertiary/aromatic N) is 1. The zero-order chi connectivity index (χ0) is 13.9. The maximum absolute atomic E-state index is 12.1. The molecule has 0 saturated carbocycles. The number of fused-ring (bicyclic) bond motifs is 1. The van der Waals surface area contributed by atoms with Crippen LogP contribution in [0.2, 0.25) is 0 Å². The van der Waals surface area contributed by atoms with Gasteiger partial charge >= 0.3 is 0 Å². The first-order valence-electron chi connectivity index (χ1n) is 6.20. The van der Waals surface area contributed by atoms with Crippen molar-refractivity contribution in [2.75, 3.05) is 0 Å². The van der Waals surface area contributed by atoms with Crippen molar-refractivity contribution in [2.24, 2.45) is 0 Å². The van der Waals surface area contributed by atoms with E-state index in [-0.39, 0.29) is 31.7 Å². The summed E-state index contributed by atoms with van der Waals surface area (Å²) < 4.78 is 0. The smallest absolute Gasteiger partial charge is 0.167 e. The maximum Gasteiger partial charge on any atom is 0.167 e. The zero-order valence-corrected chi connectivity index (χ0v) is 12.6. The Kier molecular flexibility index (Phi) is 4.76. The molecular weight excluding hydrogens is 355 g/mol. The van der Waals surface area contributed by atoms with Crippen molar-refractivity contribution < 1.29 is 29.1 Å². The van der Waals surface area contributed by atoms with Crippen LogP contribution >= 0.6 is 0 Å². The third-order valence-corrected chi connectivity index (χ3v) is 3.10. The molecule has 2 aromatic heterocycles. The first kappa shape index (κ1) is 15.3. The van der Waals surface area contributed by atoms with Gasteiger partial charge in [-0.1, -0.05) is 47.5 Å². The fraction of sp³-hybridized carbons (Fsp3) is 0.0625. The monoisotopic (exact) mass is 366 g/mol. The van der Waals surface area contributed by atoms with Crippen LogP contribution in [0.25, 0.3) is 11.0 Å². The molecule has 0 saturated heterocycles. The summed E-state index contributed by atoms with van der Waals surface area (Å²) in [6, 6.07) is 12.7. The van der Waals surface area contributed by atoms with Crippen molar-refractivity contribution in [1.29, 1.82) is 0 Å². The second-order valence-electron chi connectivity index (χ2n) is 4.53. The first-order valence-corrected chi connectivity index (χ1v) is 6.20. The van der Waals surface area contributed by atoms with Crippen LogP contribution in [0.4, 0.5) is 0 Å². The van der Waals surface area contributed by atoms with Gasteiger partial charge in [0, 0.05) is 43.9 Å². The molecule has 0 fully saturated rings. The van der Waals surface area contributed by atoms with E-state index < -0.39 is 0 Å². The summed E-state index contributed by atoms with van der Waals surface area (Å²) in [7, 11) is 0. The molecule has 21 heavy (non-hydrogen) atoms. The van der Waals surface area contributed by atoms with Gasteiger partial charge in [0.1, 0.15) is 5.65 Å². The van der Waals surface area contributed by atoms with E-state index in [0.717, 1.165) is 10.9 Å². The van der Waals surface area contributed by atoms with Gasteiger partial charge in [-0.3, -0.25) is 4.79 Å². The van der Waals surface area contributed by atoms with Crippen LogP contribution < -0.4 is 0 Å². The van der Waals surface area contributed by atoms with Crippen LogP contribution in [0.1, 0.15) is 21.6 Å². The molecule has 4 nitrogen and oxygen atoms in total. The summed E-state index contributed by atoms with van der Waals surface area (Å²) >= 11 is 0. The van der Waals surface area contributed by atoms with Crippen LogP contribution in [0.15, 0.2) is 48.7 Å². The molecule has 3 aromatic rings. The Bertz CT molecular complexity index is 781. The maximum atomic E-state index is 12.1. The molecule has 1 aromatic carbocycles. The van der Waals surface area contributed by atoms with Gasteiger partial charge in [0.2, 0.25) is 0 Å². The predicted molar refractivity (Wildman–Crippen MR) is 75.4 cm³/mol. The van der Waals surface area contributed by atoms with E-state index >= 15 is 0 Å². The number of nitrogens with one attached hydrogen (secondary N) is 1. The Morgan fingerprint density at radius 2 is 1.95 bits per heavy atom. The molecule has 1 N–H and O–H groups in total. The number of hydrogen-bond donors (Lipinski definition) is 1. The Morgan fingerprint density at radius 3 is 2.67 bits per heavy atom. The van der Waals surface area contributed by atoms with E-state index in [2.05, 4.69) is 9.97 Å². The molecular formula is C16H11N2O2Rh-. The molecule has 3 rings (SSSR count). The molecule has 2 heterocycles. The number of benzene rings is 1. The SMILES string of the molecule is O=[C-]c1cc2cc(CC(=O)c3ccccc3)cnc2[nH]1.[Rh]. The first-order chi connectivity index (χ1) is 9.76. The van der Waals surface area contributed by atoms with Gasteiger partial charge < -0.3 is 9.78 Å². The van der Waals surface area contributed by atoms with E-state index in [0.29, 0.717) is 16.9 Å². The minimum Gasteiger partial charge on any atom is -0.417 e. The molecule has 0 amide bonds. The molecule has 1 radical (unpaired) electrons. The number of aromatic amines is 1. The van der Waals surface area contributed by atoms with E-state index in [1.54, 1.807) is 30.7 Å². The third-order valence-electron chi connectivity index (χ3n) is 3.10. The van der Waals surface area contributed by atoms with Crippen molar-refractivity contribution in [3.8, 4) is 0 Å². The van der Waals surface area contributed by atoms with Crippen molar-refractivity contribution in [3.63, 3.8) is 0 Å². The van der Waals surface area contributed by atoms with E-state index in [1.807, 2.05) is 24.3 Å². The van der Waals surface area contributed by atoms with Crippen LogP contribution in [0.5, 0.6) is 0 Å². The number of rotatable bonds is 4. The van der Waals surface area contributed by atoms with Gasteiger partial charge in [-0.25, -0.2) is 4.98 Å². The molecule has 0 bridgehead atoms. The number of ketones is 1. The van der Waals surface area contributed by atoms with Crippen molar-refractivity contribution in [1.82, 2.24) is 9.97 Å². The summed E-state index contributed by atoms with van der Waals surface area (Å²) in [4.78, 5) is 29.7. The van der Waals surface area contributed by atoms with Crippen molar-refractivity contribution in [3.05, 3.63) is 65.5 Å². The minimum absolute atomic E-state index is 0. The van der Waals surface area contributed by atoms with E-state index in [9.17, 15) is 9.59 Å². The standard InChI is InChI=1S/C16H11N2O2.Rh/c19-10-14-8-13-6-11(9-17-16(13)18-14)7-15(20)12-4-2-1-3-5-12;/h1-6,8-9H,7H2,(H,17,18);/q-1;. The average molecular weight is 366 g/mol. The van der Waals surface area contributed by atoms with Crippen molar-refractivity contribution in [2.45, 2.75) is 6.42 Å². The molecule has 5 heteroatoms. The number of H-pyrrole nitrogens is 1. The van der Waals surface area contributed by atoms with Crippen LogP contribution in [-0.4, -0.2) is 22.0 Å². The minimum atomic E-state index is 0. The second-order valence-corrected chi connectivity index (χ2v) is 4.53. The van der Waals surface area contributed by atoms with Gasteiger partial charge in [0.25, 0.3) is 0 Å². The largest absolute Gasteiger partial charge is 0.417 e. The Balaban J connectivity index is 0.00000161. The normalized spacial score (nSPS) is 10.1. The van der Waals surface area contributed by atoms with Gasteiger partial charge in [-0.05, 0) is 5.56 Å². The van der Waals surface area contributed by atoms with Crippen LogP contribution in [0, 0.1) is 0 Å². The summed E-state index contributed by atoms with van der Waals surface area (Å²) in [5.74, 6) is 0.0458. The number of carbonyl (C=O) groups is 1. The fourth-order valence-electron chi connectivity index (χ4n) is 2.12. The van der Waals surface area contributed by atoms with Gasteiger partial charge in [0.15, 0.2) is 5.78 Å². The Hall–Kier alpha value is -2.13. The summed E-state index contributed by atoms with van der Waals surface area (Å²) in [6.07, 6.45) is 3.73. The van der Waals surface area contributed by atoms with Crippen LogP contribution in [0.3, 0.4) is 0 Å². The fourth-order valence-corrected chi connectivity index (χ4v) is 2.12. The van der Waals surface area contributed by atoms with Crippen LogP contribution in [-0.2, 0) is 30.7 Å². The molecule has 0 aliphatic heterocycles. The summed E-state index contributed by atoms with van der Waals surface area (Å²) in [5, 5.41) is 0.807. The molecule has 0 aliphatic rings. The quantitative estimate of drug-likeness (QED) is 0.438. The number of aromatic nitrogens is 2. The van der Waals surface area contributed by atoms with Gasteiger partial charge in [-0.2, -0.15) is 6.07 Å². The second kappa shape index (κ2) is 6.55. The number of Topliss-reactive ketones (excluding diaryl/α,β-unsaturated/α-hetero) is 1. The average Bonchev–Trinajstić information content (AvgIpc) is 2.90. The van der Waals surface area contributed by atoms with Gasteiger partial charge in [-0.15, -0.1) is 0 Å². The topological polar surface area (TPSA) is 62.8 Å². The zero-order valence-electron chi connectivity index (χ0n) is 10.9. The molecule has 0 spiro atoms. The van der Waals surface area contributed by atoms with E-state index in [1.165, 1.54) is 0 Å². The molecule has 0 aliphatic carbocycles. The van der Waals surface area contributed by atoms with Crippen molar-refractivity contribution >= 4 is 23.1 Å². The third kappa shape index (κ3) is 3.31. The van der Waals surface area contributed by atoms with E-state index in [4.69, 9.17) is 0 Å². The Labute approximate surface area is 134 Å². The predicted octanol–water partition coefficient (Wildman–Crippen LogP) is 2.44. The summed E-state index contributed by atoms with van der Waals surface area (Å²) in [5.41, 5.74) is 2.49.